The summed E-state index contributed by atoms with van der Waals surface area (Å²) in [6, 6.07) is 7.03. The van der Waals surface area contributed by atoms with Crippen LogP contribution in [0.4, 0.5) is 5.69 Å². The van der Waals surface area contributed by atoms with E-state index in [1.807, 2.05) is 0 Å². The maximum absolute atomic E-state index is 11.7. The molecule has 1 rings (SSSR count). The lowest BCUT2D eigenvalue weighted by Crippen LogP contribution is -2.24. The van der Waals surface area contributed by atoms with Crippen LogP contribution in [0.1, 0.15) is 29.6 Å². The van der Waals surface area contributed by atoms with Gasteiger partial charge in [-0.1, -0.05) is 0 Å². The van der Waals surface area contributed by atoms with Gasteiger partial charge in [0.15, 0.2) is 0 Å². The van der Waals surface area contributed by atoms with Crippen LogP contribution in [0.25, 0.3) is 0 Å². The zero-order chi connectivity index (χ0) is 13.2. The molecule has 0 fully saturated rings. The van der Waals surface area contributed by atoms with Gasteiger partial charge in [0.1, 0.15) is 0 Å². The summed E-state index contributed by atoms with van der Waals surface area (Å²) in [5.41, 5.74) is 3.95. The van der Waals surface area contributed by atoms with Crippen LogP contribution in [-0.4, -0.2) is 26.2 Å². The molecule has 100 valence electrons. The Bertz CT molecular complexity index is 352. The van der Waals surface area contributed by atoms with Crippen molar-refractivity contribution in [3.05, 3.63) is 29.8 Å². The van der Waals surface area contributed by atoms with Crippen LogP contribution in [0.3, 0.4) is 0 Å². The first-order valence-corrected chi connectivity index (χ1v) is 6.11. The number of methoxy groups -OCH3 is 1. The average Bonchev–Trinajstić information content (AvgIpc) is 2.42. The molecule has 0 radical (unpaired) electrons. The van der Waals surface area contributed by atoms with Crippen LogP contribution < -0.4 is 16.6 Å². The number of ether oxygens (including phenoxy) is 1. The maximum Gasteiger partial charge on any atom is 0.251 e. The van der Waals surface area contributed by atoms with Gasteiger partial charge >= 0.3 is 0 Å². The lowest BCUT2D eigenvalue weighted by Gasteiger charge is -2.06. The quantitative estimate of drug-likeness (QED) is 0.372. The van der Waals surface area contributed by atoms with Crippen LogP contribution in [0.5, 0.6) is 0 Å². The number of hydrazine groups is 1. The van der Waals surface area contributed by atoms with Gasteiger partial charge in [0.2, 0.25) is 0 Å². The first kappa shape index (κ1) is 14.5. The molecule has 18 heavy (non-hydrogen) atoms. The van der Waals surface area contributed by atoms with Gasteiger partial charge in [0.25, 0.3) is 5.91 Å². The van der Waals surface area contributed by atoms with Gasteiger partial charge in [0, 0.05) is 31.5 Å². The Morgan fingerprint density at radius 2 is 1.94 bits per heavy atom. The lowest BCUT2D eigenvalue weighted by molar-refractivity contribution is 0.0952. The molecule has 0 heterocycles. The Hall–Kier alpha value is -1.59. The molecular formula is C13H21N3O2. The van der Waals surface area contributed by atoms with Crippen LogP contribution in [0, 0.1) is 0 Å². The number of anilines is 1. The van der Waals surface area contributed by atoms with E-state index in [9.17, 15) is 4.79 Å². The topological polar surface area (TPSA) is 76.4 Å². The van der Waals surface area contributed by atoms with E-state index in [1.165, 1.54) is 0 Å². The average molecular weight is 251 g/mol. The van der Waals surface area contributed by atoms with E-state index in [1.54, 1.807) is 31.4 Å². The second-order valence-electron chi connectivity index (χ2n) is 4.03. The Morgan fingerprint density at radius 1 is 1.22 bits per heavy atom. The predicted octanol–water partition coefficient (Wildman–Crippen LogP) is 1.52. The molecule has 0 aliphatic rings. The molecule has 0 bridgehead atoms. The summed E-state index contributed by atoms with van der Waals surface area (Å²) < 4.78 is 4.96. The van der Waals surface area contributed by atoms with E-state index in [-0.39, 0.29) is 5.91 Å². The maximum atomic E-state index is 11.7. The van der Waals surface area contributed by atoms with Crippen molar-refractivity contribution in [2.75, 3.05) is 25.7 Å². The standard InChI is InChI=1S/C13H21N3O2/c1-18-10-4-2-3-9-15-13(17)11-5-7-12(16-14)8-6-11/h5-8,16H,2-4,9-10,14H2,1H3,(H,15,17). The summed E-state index contributed by atoms with van der Waals surface area (Å²) in [5, 5.41) is 2.88. The fraction of sp³-hybridized carbons (Fsp3) is 0.462. The van der Waals surface area contributed by atoms with Crippen molar-refractivity contribution < 1.29 is 9.53 Å². The van der Waals surface area contributed by atoms with Crippen LogP contribution in [0.2, 0.25) is 0 Å². The summed E-state index contributed by atoms with van der Waals surface area (Å²) in [5.74, 6) is 5.20. The fourth-order valence-electron chi connectivity index (χ4n) is 1.57. The van der Waals surface area contributed by atoms with E-state index in [2.05, 4.69) is 10.7 Å². The van der Waals surface area contributed by atoms with Crippen molar-refractivity contribution in [1.29, 1.82) is 0 Å². The minimum absolute atomic E-state index is 0.0506. The summed E-state index contributed by atoms with van der Waals surface area (Å²) >= 11 is 0. The normalized spacial score (nSPS) is 10.1. The van der Waals surface area contributed by atoms with Gasteiger partial charge in [-0.05, 0) is 43.5 Å². The molecular weight excluding hydrogens is 230 g/mol. The monoisotopic (exact) mass is 251 g/mol. The molecule has 1 aromatic rings. The third-order valence-electron chi connectivity index (χ3n) is 2.62. The first-order chi connectivity index (χ1) is 8.77. The van der Waals surface area contributed by atoms with E-state index in [0.717, 1.165) is 31.6 Å². The summed E-state index contributed by atoms with van der Waals surface area (Å²) in [4.78, 5) is 11.7. The number of benzene rings is 1. The minimum Gasteiger partial charge on any atom is -0.385 e. The molecule has 0 unspecified atom stereocenters. The number of nitrogens with one attached hydrogen (secondary N) is 2. The van der Waals surface area contributed by atoms with E-state index in [4.69, 9.17) is 10.6 Å². The van der Waals surface area contributed by atoms with Crippen LogP contribution in [0.15, 0.2) is 24.3 Å². The van der Waals surface area contributed by atoms with E-state index in [0.29, 0.717) is 12.1 Å². The first-order valence-electron chi connectivity index (χ1n) is 6.11. The Morgan fingerprint density at radius 3 is 2.56 bits per heavy atom. The molecule has 0 saturated heterocycles. The van der Waals surface area contributed by atoms with Gasteiger partial charge in [0.05, 0.1) is 0 Å². The Kier molecular flexibility index (Phi) is 6.83. The molecule has 1 aromatic carbocycles. The molecule has 5 heteroatoms. The van der Waals surface area contributed by atoms with Crippen molar-refractivity contribution in [3.8, 4) is 0 Å². The summed E-state index contributed by atoms with van der Waals surface area (Å²) in [7, 11) is 1.70. The molecule has 5 nitrogen and oxygen atoms in total. The number of nitrogen functional groups attached to an aromatic ring is 1. The number of carbonyl (C=O) groups excluding carboxylic acids is 1. The van der Waals surface area contributed by atoms with Crippen molar-refractivity contribution in [2.24, 2.45) is 5.84 Å². The number of unbranched alkanes of at least 4 members (excludes halogenated alkanes) is 2. The molecule has 1 amide bonds. The smallest absolute Gasteiger partial charge is 0.251 e. The van der Waals surface area contributed by atoms with Gasteiger partial charge < -0.3 is 15.5 Å². The van der Waals surface area contributed by atoms with Gasteiger partial charge in [-0.15, -0.1) is 0 Å². The van der Waals surface area contributed by atoms with E-state index < -0.39 is 0 Å². The molecule has 0 aliphatic carbocycles. The number of hydrogen-bond donors (Lipinski definition) is 3. The van der Waals surface area contributed by atoms with Crippen molar-refractivity contribution >= 4 is 11.6 Å². The minimum atomic E-state index is -0.0506. The predicted molar refractivity (Wildman–Crippen MR) is 72.3 cm³/mol. The second-order valence-corrected chi connectivity index (χ2v) is 4.03. The van der Waals surface area contributed by atoms with Crippen molar-refractivity contribution in [1.82, 2.24) is 5.32 Å². The third kappa shape index (κ3) is 5.16. The van der Waals surface area contributed by atoms with Gasteiger partial charge in [-0.3, -0.25) is 10.6 Å². The van der Waals surface area contributed by atoms with Crippen LogP contribution in [-0.2, 0) is 4.74 Å². The van der Waals surface area contributed by atoms with Crippen molar-refractivity contribution in [3.63, 3.8) is 0 Å². The summed E-state index contributed by atoms with van der Waals surface area (Å²) in [6.07, 6.45) is 3.06. The molecule has 0 aromatic heterocycles. The van der Waals surface area contributed by atoms with Gasteiger partial charge in [-0.25, -0.2) is 0 Å². The molecule has 0 atom stereocenters. The number of rotatable bonds is 8. The highest BCUT2D eigenvalue weighted by Gasteiger charge is 2.03. The molecule has 0 aliphatic heterocycles. The molecule has 0 saturated carbocycles. The van der Waals surface area contributed by atoms with E-state index >= 15 is 0 Å². The lowest BCUT2D eigenvalue weighted by atomic mass is 10.2. The Labute approximate surface area is 108 Å². The SMILES string of the molecule is COCCCCCNC(=O)c1ccc(NN)cc1. The Balaban J connectivity index is 2.23. The highest BCUT2D eigenvalue weighted by molar-refractivity contribution is 5.94. The molecule has 4 N–H and O–H groups in total. The molecule has 0 spiro atoms. The zero-order valence-corrected chi connectivity index (χ0v) is 10.7. The number of amides is 1. The van der Waals surface area contributed by atoms with Crippen molar-refractivity contribution in [2.45, 2.75) is 19.3 Å². The third-order valence-corrected chi connectivity index (χ3v) is 2.62. The summed E-state index contributed by atoms with van der Waals surface area (Å²) in [6.45, 7) is 1.47. The number of nitrogens with two attached hydrogens (primary N) is 1. The van der Waals surface area contributed by atoms with Crippen LogP contribution >= 0.6 is 0 Å². The second kappa shape index (κ2) is 8.49. The van der Waals surface area contributed by atoms with Gasteiger partial charge in [-0.2, -0.15) is 0 Å². The fourth-order valence-corrected chi connectivity index (χ4v) is 1.57. The highest BCUT2D eigenvalue weighted by atomic mass is 16.5. The zero-order valence-electron chi connectivity index (χ0n) is 10.7. The number of hydrogen-bond acceptors (Lipinski definition) is 4. The largest absolute Gasteiger partial charge is 0.385 e. The number of carbonyl (C=O) groups is 1. The highest BCUT2D eigenvalue weighted by Crippen LogP contribution is 2.07.